The summed E-state index contributed by atoms with van der Waals surface area (Å²) in [5, 5.41) is 3.46. The van der Waals surface area contributed by atoms with Crippen molar-refractivity contribution in [3.8, 4) is 5.75 Å². The highest BCUT2D eigenvalue weighted by Crippen LogP contribution is 2.22. The number of ether oxygens (including phenoxy) is 2. The first-order valence-electron chi connectivity index (χ1n) is 6.32. The highest BCUT2D eigenvalue weighted by atomic mass is 16.5. The van der Waals surface area contributed by atoms with Crippen LogP contribution in [0, 0.1) is 0 Å². The van der Waals surface area contributed by atoms with Crippen molar-refractivity contribution in [1.29, 1.82) is 0 Å². The topological polar surface area (TPSA) is 56.5 Å². The Labute approximate surface area is 109 Å². The van der Waals surface area contributed by atoms with Crippen molar-refractivity contribution in [3.63, 3.8) is 0 Å². The molecule has 1 atom stereocenters. The number of nitrogens with two attached hydrogens (primary N) is 1. The van der Waals surface area contributed by atoms with Gasteiger partial charge in [0.05, 0.1) is 12.8 Å². The van der Waals surface area contributed by atoms with Gasteiger partial charge in [0.2, 0.25) is 0 Å². The SMILES string of the molecule is COCCCNC(C)Cc1ccc(OC)c(N)c1. The lowest BCUT2D eigenvalue weighted by molar-refractivity contribution is 0.193. The summed E-state index contributed by atoms with van der Waals surface area (Å²) in [5.74, 6) is 0.736. The van der Waals surface area contributed by atoms with E-state index in [1.54, 1.807) is 14.2 Å². The fraction of sp³-hybridized carbons (Fsp3) is 0.571. The van der Waals surface area contributed by atoms with Crippen molar-refractivity contribution >= 4 is 5.69 Å². The van der Waals surface area contributed by atoms with E-state index in [2.05, 4.69) is 18.3 Å². The predicted octanol–water partition coefficient (Wildman–Crippen LogP) is 1.83. The second-order valence-electron chi connectivity index (χ2n) is 4.48. The molecule has 0 aromatic heterocycles. The number of hydrogen-bond acceptors (Lipinski definition) is 4. The smallest absolute Gasteiger partial charge is 0.141 e. The lowest BCUT2D eigenvalue weighted by Gasteiger charge is -2.14. The Morgan fingerprint density at radius 2 is 2.11 bits per heavy atom. The third-order valence-electron chi connectivity index (χ3n) is 2.85. The van der Waals surface area contributed by atoms with E-state index in [4.69, 9.17) is 15.2 Å². The van der Waals surface area contributed by atoms with Crippen LogP contribution in [0.2, 0.25) is 0 Å². The van der Waals surface area contributed by atoms with Crippen LogP contribution >= 0.6 is 0 Å². The van der Waals surface area contributed by atoms with Crippen LogP contribution in [0.15, 0.2) is 18.2 Å². The largest absolute Gasteiger partial charge is 0.495 e. The van der Waals surface area contributed by atoms with Crippen LogP contribution in [0.25, 0.3) is 0 Å². The Morgan fingerprint density at radius 3 is 2.72 bits per heavy atom. The third-order valence-corrected chi connectivity index (χ3v) is 2.85. The average Bonchev–Trinajstić information content (AvgIpc) is 2.35. The second-order valence-corrected chi connectivity index (χ2v) is 4.48. The van der Waals surface area contributed by atoms with Gasteiger partial charge in [-0.3, -0.25) is 0 Å². The first-order valence-corrected chi connectivity index (χ1v) is 6.32. The molecule has 4 nitrogen and oxygen atoms in total. The monoisotopic (exact) mass is 252 g/mol. The molecule has 0 aliphatic rings. The quantitative estimate of drug-likeness (QED) is 0.547. The van der Waals surface area contributed by atoms with Gasteiger partial charge in [-0.15, -0.1) is 0 Å². The molecule has 4 heteroatoms. The van der Waals surface area contributed by atoms with Gasteiger partial charge in [0.15, 0.2) is 0 Å². The molecule has 1 unspecified atom stereocenters. The van der Waals surface area contributed by atoms with E-state index >= 15 is 0 Å². The van der Waals surface area contributed by atoms with E-state index < -0.39 is 0 Å². The molecule has 3 N–H and O–H groups in total. The van der Waals surface area contributed by atoms with E-state index in [0.717, 1.165) is 31.7 Å². The highest BCUT2D eigenvalue weighted by Gasteiger charge is 2.05. The standard InChI is InChI=1S/C14H24N2O2/c1-11(16-7-4-8-17-2)9-12-5-6-14(18-3)13(15)10-12/h5-6,10-11,16H,4,7-9,15H2,1-3H3. The first-order chi connectivity index (χ1) is 8.67. The highest BCUT2D eigenvalue weighted by molar-refractivity contribution is 5.54. The zero-order valence-corrected chi connectivity index (χ0v) is 11.5. The van der Waals surface area contributed by atoms with E-state index in [0.29, 0.717) is 11.7 Å². The Kier molecular flexibility index (Phi) is 6.54. The molecular weight excluding hydrogens is 228 g/mol. The van der Waals surface area contributed by atoms with Crippen LogP contribution < -0.4 is 15.8 Å². The fourth-order valence-corrected chi connectivity index (χ4v) is 1.90. The maximum Gasteiger partial charge on any atom is 0.141 e. The van der Waals surface area contributed by atoms with E-state index in [-0.39, 0.29) is 0 Å². The summed E-state index contributed by atoms with van der Waals surface area (Å²) in [4.78, 5) is 0. The van der Waals surface area contributed by atoms with Crippen LogP contribution in [0.4, 0.5) is 5.69 Å². The molecule has 1 aromatic rings. The van der Waals surface area contributed by atoms with E-state index in [1.807, 2.05) is 12.1 Å². The Bertz CT molecular complexity index is 356. The predicted molar refractivity (Wildman–Crippen MR) is 75.1 cm³/mol. The lowest BCUT2D eigenvalue weighted by atomic mass is 10.1. The molecule has 0 aliphatic heterocycles. The molecule has 0 radical (unpaired) electrons. The van der Waals surface area contributed by atoms with Crippen molar-refractivity contribution in [2.75, 3.05) is 33.1 Å². The van der Waals surface area contributed by atoms with Crippen molar-refractivity contribution in [1.82, 2.24) is 5.32 Å². The molecule has 1 aromatic carbocycles. The van der Waals surface area contributed by atoms with Gasteiger partial charge in [0.25, 0.3) is 0 Å². The molecular formula is C14H24N2O2. The van der Waals surface area contributed by atoms with Gasteiger partial charge in [0, 0.05) is 19.8 Å². The molecule has 0 heterocycles. The summed E-state index contributed by atoms with van der Waals surface area (Å²) in [7, 11) is 3.36. The minimum atomic E-state index is 0.426. The molecule has 1 rings (SSSR count). The minimum Gasteiger partial charge on any atom is -0.495 e. The van der Waals surface area contributed by atoms with Crippen LogP contribution in [0.1, 0.15) is 18.9 Å². The van der Waals surface area contributed by atoms with Crippen LogP contribution in [0.5, 0.6) is 5.75 Å². The first kappa shape index (κ1) is 14.8. The zero-order valence-electron chi connectivity index (χ0n) is 11.5. The molecule has 18 heavy (non-hydrogen) atoms. The summed E-state index contributed by atoms with van der Waals surface area (Å²) in [6, 6.07) is 6.38. The summed E-state index contributed by atoms with van der Waals surface area (Å²) < 4.78 is 10.2. The summed E-state index contributed by atoms with van der Waals surface area (Å²) in [5.41, 5.74) is 7.80. The van der Waals surface area contributed by atoms with Gasteiger partial charge >= 0.3 is 0 Å². The number of anilines is 1. The molecule has 0 spiro atoms. The second kappa shape index (κ2) is 7.95. The van der Waals surface area contributed by atoms with Crippen LogP contribution in [-0.4, -0.2) is 33.4 Å². The molecule has 0 aliphatic carbocycles. The van der Waals surface area contributed by atoms with E-state index in [9.17, 15) is 0 Å². The van der Waals surface area contributed by atoms with Crippen LogP contribution in [-0.2, 0) is 11.2 Å². The molecule has 0 saturated carbocycles. The van der Waals surface area contributed by atoms with E-state index in [1.165, 1.54) is 5.56 Å². The molecule has 102 valence electrons. The average molecular weight is 252 g/mol. The van der Waals surface area contributed by atoms with Gasteiger partial charge < -0.3 is 20.5 Å². The number of nitrogen functional groups attached to an aromatic ring is 1. The number of rotatable bonds is 8. The Hall–Kier alpha value is -1.26. The maximum absolute atomic E-state index is 5.89. The Balaban J connectivity index is 2.39. The Morgan fingerprint density at radius 1 is 1.33 bits per heavy atom. The number of hydrogen-bond donors (Lipinski definition) is 2. The molecule has 0 bridgehead atoms. The van der Waals surface area contributed by atoms with Gasteiger partial charge in [-0.2, -0.15) is 0 Å². The van der Waals surface area contributed by atoms with Crippen molar-refractivity contribution in [2.45, 2.75) is 25.8 Å². The molecule has 0 fully saturated rings. The lowest BCUT2D eigenvalue weighted by Crippen LogP contribution is -2.29. The number of methoxy groups -OCH3 is 2. The van der Waals surface area contributed by atoms with Crippen molar-refractivity contribution in [2.24, 2.45) is 0 Å². The molecule has 0 amide bonds. The number of nitrogens with one attached hydrogen (secondary N) is 1. The van der Waals surface area contributed by atoms with Gasteiger partial charge in [-0.05, 0) is 44.0 Å². The van der Waals surface area contributed by atoms with Gasteiger partial charge in [-0.25, -0.2) is 0 Å². The zero-order chi connectivity index (χ0) is 13.4. The van der Waals surface area contributed by atoms with Crippen molar-refractivity contribution in [3.05, 3.63) is 23.8 Å². The summed E-state index contributed by atoms with van der Waals surface area (Å²) in [6.45, 7) is 3.95. The maximum atomic E-state index is 5.89. The van der Waals surface area contributed by atoms with Gasteiger partial charge in [-0.1, -0.05) is 6.07 Å². The fourth-order valence-electron chi connectivity index (χ4n) is 1.90. The third kappa shape index (κ3) is 4.94. The minimum absolute atomic E-state index is 0.426. The number of benzene rings is 1. The van der Waals surface area contributed by atoms with Crippen molar-refractivity contribution < 1.29 is 9.47 Å². The summed E-state index contributed by atoms with van der Waals surface area (Å²) in [6.07, 6.45) is 1.99. The molecule has 0 saturated heterocycles. The van der Waals surface area contributed by atoms with Gasteiger partial charge in [0.1, 0.15) is 5.75 Å². The summed E-state index contributed by atoms with van der Waals surface area (Å²) >= 11 is 0. The van der Waals surface area contributed by atoms with Crippen LogP contribution in [0.3, 0.4) is 0 Å². The normalized spacial score (nSPS) is 12.4.